The number of amides is 1. The predicted octanol–water partition coefficient (Wildman–Crippen LogP) is -1.21. The lowest BCUT2D eigenvalue weighted by Gasteiger charge is -2.15. The fourth-order valence-corrected chi connectivity index (χ4v) is 2.93. The van der Waals surface area contributed by atoms with Crippen molar-refractivity contribution >= 4 is 5.91 Å². The summed E-state index contributed by atoms with van der Waals surface area (Å²) in [5.41, 5.74) is 6.37. The highest BCUT2D eigenvalue weighted by atomic mass is 16.6. The highest BCUT2D eigenvalue weighted by molar-refractivity contribution is 5.75. The van der Waals surface area contributed by atoms with Crippen LogP contribution in [-0.4, -0.2) is 50.1 Å². The molecule has 0 unspecified atom stereocenters. The minimum Gasteiger partial charge on any atom is -0.368 e. The standard InChI is InChI=1S/C15H20N2O4/c16-13(18)9-19-12-8-21-14-11(7-20-15(12)14)17-6-10-4-2-1-3-5-10/h1-5,11-12,14-15,17H,6-9H2,(H2,16,18)/p+1/t11-,12+,14+,15+/m0/s1. The van der Waals surface area contributed by atoms with Gasteiger partial charge < -0.3 is 25.3 Å². The van der Waals surface area contributed by atoms with Gasteiger partial charge in [0.1, 0.15) is 44.1 Å². The van der Waals surface area contributed by atoms with Crippen LogP contribution in [0.2, 0.25) is 0 Å². The highest BCUT2D eigenvalue weighted by Gasteiger charge is 2.50. The van der Waals surface area contributed by atoms with Gasteiger partial charge in [-0.3, -0.25) is 4.79 Å². The molecule has 21 heavy (non-hydrogen) atoms. The molecule has 4 atom stereocenters. The van der Waals surface area contributed by atoms with Crippen LogP contribution in [0, 0.1) is 0 Å². The zero-order valence-electron chi connectivity index (χ0n) is 11.8. The van der Waals surface area contributed by atoms with E-state index in [2.05, 4.69) is 17.4 Å². The molecule has 2 fully saturated rings. The van der Waals surface area contributed by atoms with Crippen LogP contribution in [0.3, 0.4) is 0 Å². The molecule has 2 aliphatic rings. The van der Waals surface area contributed by atoms with Crippen LogP contribution in [0.4, 0.5) is 0 Å². The Hall–Kier alpha value is -1.47. The summed E-state index contributed by atoms with van der Waals surface area (Å²) in [7, 11) is 0. The van der Waals surface area contributed by atoms with E-state index in [4.69, 9.17) is 19.9 Å². The molecule has 0 saturated carbocycles. The van der Waals surface area contributed by atoms with Crippen molar-refractivity contribution in [2.45, 2.75) is 30.9 Å². The summed E-state index contributed by atoms with van der Waals surface area (Å²) >= 11 is 0. The lowest BCUT2D eigenvalue weighted by Crippen LogP contribution is -2.91. The van der Waals surface area contributed by atoms with Gasteiger partial charge in [-0.05, 0) is 0 Å². The van der Waals surface area contributed by atoms with Crippen molar-refractivity contribution in [2.75, 3.05) is 19.8 Å². The van der Waals surface area contributed by atoms with E-state index in [9.17, 15) is 4.79 Å². The van der Waals surface area contributed by atoms with Gasteiger partial charge in [-0.1, -0.05) is 30.3 Å². The number of fused-ring (bicyclic) bond motifs is 1. The van der Waals surface area contributed by atoms with Crippen molar-refractivity contribution in [3.8, 4) is 0 Å². The lowest BCUT2D eigenvalue weighted by atomic mass is 10.1. The number of primary amides is 1. The molecule has 114 valence electrons. The molecule has 0 aliphatic carbocycles. The maximum absolute atomic E-state index is 10.8. The Morgan fingerprint density at radius 1 is 1.24 bits per heavy atom. The molecule has 3 rings (SSSR count). The average molecular weight is 293 g/mol. The molecule has 0 spiro atoms. The molecule has 0 aromatic heterocycles. The van der Waals surface area contributed by atoms with E-state index >= 15 is 0 Å². The van der Waals surface area contributed by atoms with Crippen LogP contribution in [0.1, 0.15) is 5.56 Å². The van der Waals surface area contributed by atoms with E-state index in [1.807, 2.05) is 18.2 Å². The molecular weight excluding hydrogens is 272 g/mol. The molecule has 1 aromatic rings. The zero-order chi connectivity index (χ0) is 14.7. The molecular formula is C15H21N2O4+. The fourth-order valence-electron chi connectivity index (χ4n) is 2.93. The predicted molar refractivity (Wildman–Crippen MR) is 74.3 cm³/mol. The summed E-state index contributed by atoms with van der Waals surface area (Å²) in [6.45, 7) is 1.91. The Morgan fingerprint density at radius 2 is 2.00 bits per heavy atom. The summed E-state index contributed by atoms with van der Waals surface area (Å²) < 4.78 is 17.0. The van der Waals surface area contributed by atoms with Gasteiger partial charge in [0.2, 0.25) is 5.91 Å². The smallest absolute Gasteiger partial charge is 0.243 e. The van der Waals surface area contributed by atoms with Crippen LogP contribution in [0.25, 0.3) is 0 Å². The van der Waals surface area contributed by atoms with E-state index in [0.29, 0.717) is 13.2 Å². The number of quaternary nitrogens is 1. The summed E-state index contributed by atoms with van der Waals surface area (Å²) in [6.07, 6.45) is -0.273. The Morgan fingerprint density at radius 3 is 2.76 bits per heavy atom. The van der Waals surface area contributed by atoms with Crippen molar-refractivity contribution in [3.63, 3.8) is 0 Å². The first-order chi connectivity index (χ1) is 10.2. The van der Waals surface area contributed by atoms with Crippen LogP contribution in [0.15, 0.2) is 30.3 Å². The Bertz CT molecular complexity index is 482. The summed E-state index contributed by atoms with van der Waals surface area (Å²) in [4.78, 5) is 10.8. The second-order valence-electron chi connectivity index (χ2n) is 5.50. The number of hydrogen-bond acceptors (Lipinski definition) is 4. The van der Waals surface area contributed by atoms with Crippen molar-refractivity contribution in [1.29, 1.82) is 0 Å². The van der Waals surface area contributed by atoms with Gasteiger partial charge >= 0.3 is 0 Å². The van der Waals surface area contributed by atoms with Crippen molar-refractivity contribution in [2.24, 2.45) is 5.73 Å². The van der Waals surface area contributed by atoms with E-state index in [1.54, 1.807) is 0 Å². The van der Waals surface area contributed by atoms with E-state index in [-0.39, 0.29) is 31.0 Å². The SMILES string of the molecule is NC(=O)CO[C@@H]1CO[C@H]2[C@@H]1OC[C@@H]2[NH2+]Cc1ccccc1. The van der Waals surface area contributed by atoms with Gasteiger partial charge in [0.25, 0.3) is 0 Å². The normalized spacial score (nSPS) is 31.2. The molecule has 6 heteroatoms. The van der Waals surface area contributed by atoms with Crippen LogP contribution in [-0.2, 0) is 25.5 Å². The average Bonchev–Trinajstić information content (AvgIpc) is 3.06. The fraction of sp³-hybridized carbons (Fsp3) is 0.533. The maximum atomic E-state index is 10.8. The van der Waals surface area contributed by atoms with E-state index in [0.717, 1.165) is 6.54 Å². The first kappa shape index (κ1) is 14.5. The summed E-state index contributed by atoms with van der Waals surface area (Å²) in [6, 6.07) is 10.6. The van der Waals surface area contributed by atoms with Gasteiger partial charge in [0.15, 0.2) is 0 Å². The van der Waals surface area contributed by atoms with Gasteiger partial charge in [-0.25, -0.2) is 0 Å². The molecule has 2 saturated heterocycles. The number of nitrogens with two attached hydrogens (primary N) is 2. The third kappa shape index (κ3) is 3.41. The van der Waals surface area contributed by atoms with Crippen molar-refractivity contribution in [3.05, 3.63) is 35.9 Å². The summed E-state index contributed by atoms with van der Waals surface area (Å²) in [5, 5.41) is 2.25. The molecule has 1 amide bonds. The minimum absolute atomic E-state index is 0.0200. The van der Waals surface area contributed by atoms with Crippen LogP contribution < -0.4 is 11.1 Å². The molecule has 4 N–H and O–H groups in total. The quantitative estimate of drug-likeness (QED) is 0.689. The van der Waals surface area contributed by atoms with Crippen LogP contribution in [0.5, 0.6) is 0 Å². The number of carbonyl (C=O) groups excluding carboxylic acids is 1. The zero-order valence-corrected chi connectivity index (χ0v) is 11.8. The maximum Gasteiger partial charge on any atom is 0.243 e. The lowest BCUT2D eigenvalue weighted by molar-refractivity contribution is -0.707. The summed E-state index contributed by atoms with van der Waals surface area (Å²) in [5.74, 6) is -0.469. The van der Waals surface area contributed by atoms with Crippen molar-refractivity contribution in [1.82, 2.24) is 0 Å². The van der Waals surface area contributed by atoms with Gasteiger partial charge in [-0.2, -0.15) is 0 Å². The van der Waals surface area contributed by atoms with Crippen molar-refractivity contribution < 1.29 is 24.3 Å². The molecule has 0 bridgehead atoms. The number of hydrogen-bond donors (Lipinski definition) is 2. The second kappa shape index (κ2) is 6.53. The molecule has 2 aliphatic heterocycles. The van der Waals surface area contributed by atoms with Gasteiger partial charge in [-0.15, -0.1) is 0 Å². The molecule has 2 heterocycles. The van der Waals surface area contributed by atoms with E-state index in [1.165, 1.54) is 5.56 Å². The van der Waals surface area contributed by atoms with E-state index < -0.39 is 5.91 Å². The monoisotopic (exact) mass is 293 g/mol. The van der Waals surface area contributed by atoms with Crippen LogP contribution >= 0.6 is 0 Å². The second-order valence-corrected chi connectivity index (χ2v) is 5.50. The number of carbonyl (C=O) groups is 1. The third-order valence-electron chi connectivity index (χ3n) is 3.99. The topological polar surface area (TPSA) is 87.4 Å². The molecule has 0 radical (unpaired) electrons. The number of rotatable bonds is 6. The minimum atomic E-state index is -0.469. The molecule has 1 aromatic carbocycles. The highest BCUT2D eigenvalue weighted by Crippen LogP contribution is 2.27. The van der Waals surface area contributed by atoms with Gasteiger partial charge in [0, 0.05) is 5.56 Å². The first-order valence-electron chi connectivity index (χ1n) is 7.24. The van der Waals surface area contributed by atoms with Gasteiger partial charge in [0.05, 0.1) is 6.61 Å². The Kier molecular flexibility index (Phi) is 4.50. The largest absolute Gasteiger partial charge is 0.368 e. The third-order valence-corrected chi connectivity index (χ3v) is 3.99. The Labute approximate surface area is 123 Å². The molecule has 6 nitrogen and oxygen atoms in total. The number of ether oxygens (including phenoxy) is 3. The Balaban J connectivity index is 1.50. The first-order valence-corrected chi connectivity index (χ1v) is 7.24. The number of benzene rings is 1.